The molecular formula is C17H12ClFN4O. The Kier molecular flexibility index (Phi) is 3.96. The van der Waals surface area contributed by atoms with Crippen molar-refractivity contribution >= 4 is 28.3 Å². The van der Waals surface area contributed by atoms with Gasteiger partial charge in [0.15, 0.2) is 0 Å². The van der Waals surface area contributed by atoms with E-state index in [1.54, 1.807) is 6.92 Å². The van der Waals surface area contributed by atoms with Gasteiger partial charge in [0.2, 0.25) is 0 Å². The average Bonchev–Trinajstić information content (AvgIpc) is 2.56. The Hall–Kier alpha value is -2.91. The number of rotatable bonds is 2. The first-order valence-electron chi connectivity index (χ1n) is 7.08. The average molecular weight is 343 g/mol. The van der Waals surface area contributed by atoms with Gasteiger partial charge < -0.3 is 5.73 Å². The van der Waals surface area contributed by atoms with E-state index in [4.69, 9.17) is 22.6 Å². The molecule has 2 aromatic carbocycles. The SMILES string of the molecule is C[C@@H](c1cc(Cl)ccc1F)n1c(=O)cnc2cc(N)c(C#N)cc21. The molecule has 0 radical (unpaired) electrons. The fourth-order valence-corrected chi connectivity index (χ4v) is 2.85. The summed E-state index contributed by atoms with van der Waals surface area (Å²) in [5, 5.41) is 9.53. The molecule has 5 nitrogen and oxygen atoms in total. The smallest absolute Gasteiger partial charge is 0.270 e. The highest BCUT2D eigenvalue weighted by Crippen LogP contribution is 2.27. The molecule has 1 aromatic heterocycles. The summed E-state index contributed by atoms with van der Waals surface area (Å²) >= 11 is 5.95. The molecule has 0 unspecified atom stereocenters. The van der Waals surface area contributed by atoms with E-state index in [2.05, 4.69) is 4.98 Å². The lowest BCUT2D eigenvalue weighted by atomic mass is 10.1. The molecule has 24 heavy (non-hydrogen) atoms. The number of halogens is 2. The molecule has 3 aromatic rings. The van der Waals surface area contributed by atoms with Crippen molar-refractivity contribution in [3.63, 3.8) is 0 Å². The van der Waals surface area contributed by atoms with Gasteiger partial charge in [0.05, 0.1) is 34.5 Å². The van der Waals surface area contributed by atoms with Gasteiger partial charge in [0.25, 0.3) is 5.56 Å². The lowest BCUT2D eigenvalue weighted by Crippen LogP contribution is -2.25. The van der Waals surface area contributed by atoms with Crippen LogP contribution in [0.2, 0.25) is 5.02 Å². The number of nitrogens with two attached hydrogens (primary N) is 1. The fraction of sp³-hybridized carbons (Fsp3) is 0.118. The van der Waals surface area contributed by atoms with Crippen LogP contribution >= 0.6 is 11.6 Å². The van der Waals surface area contributed by atoms with E-state index >= 15 is 0 Å². The van der Waals surface area contributed by atoms with Crippen LogP contribution in [-0.4, -0.2) is 9.55 Å². The number of anilines is 1. The number of nitrogen functional groups attached to an aromatic ring is 1. The Morgan fingerprint density at radius 1 is 1.38 bits per heavy atom. The van der Waals surface area contributed by atoms with E-state index < -0.39 is 17.4 Å². The van der Waals surface area contributed by atoms with E-state index in [-0.39, 0.29) is 16.8 Å². The number of hydrogen-bond acceptors (Lipinski definition) is 4. The lowest BCUT2D eigenvalue weighted by molar-refractivity contribution is 0.556. The lowest BCUT2D eigenvalue weighted by Gasteiger charge is -2.19. The molecule has 0 fully saturated rings. The fourth-order valence-electron chi connectivity index (χ4n) is 2.67. The Balaban J connectivity index is 2.32. The summed E-state index contributed by atoms with van der Waals surface area (Å²) in [6.45, 7) is 1.68. The second kappa shape index (κ2) is 5.95. The first-order valence-corrected chi connectivity index (χ1v) is 7.46. The summed E-state index contributed by atoms with van der Waals surface area (Å²) < 4.78 is 15.6. The second-order valence-corrected chi connectivity index (χ2v) is 5.78. The molecule has 7 heteroatoms. The van der Waals surface area contributed by atoms with E-state index in [0.29, 0.717) is 16.1 Å². The van der Waals surface area contributed by atoms with Crippen molar-refractivity contribution in [1.82, 2.24) is 9.55 Å². The van der Waals surface area contributed by atoms with Crippen LogP contribution in [0.15, 0.2) is 41.3 Å². The third-order valence-corrected chi connectivity index (χ3v) is 4.11. The minimum Gasteiger partial charge on any atom is -0.398 e. The highest BCUT2D eigenvalue weighted by atomic mass is 35.5. The molecule has 0 saturated carbocycles. The summed E-state index contributed by atoms with van der Waals surface area (Å²) in [5.74, 6) is -0.472. The zero-order chi connectivity index (χ0) is 17.4. The topological polar surface area (TPSA) is 84.7 Å². The Bertz CT molecular complexity index is 1050. The maximum Gasteiger partial charge on any atom is 0.270 e. The number of nitrogens with zero attached hydrogens (tertiary/aromatic N) is 3. The summed E-state index contributed by atoms with van der Waals surface area (Å²) in [7, 11) is 0. The summed E-state index contributed by atoms with van der Waals surface area (Å²) in [5.41, 5.74) is 6.99. The normalized spacial score (nSPS) is 12.1. The van der Waals surface area contributed by atoms with Gasteiger partial charge in [-0.1, -0.05) is 11.6 Å². The summed E-state index contributed by atoms with van der Waals surface area (Å²) in [4.78, 5) is 16.4. The summed E-state index contributed by atoms with van der Waals surface area (Å²) in [6, 6.07) is 8.50. The summed E-state index contributed by atoms with van der Waals surface area (Å²) in [6.07, 6.45) is 1.15. The van der Waals surface area contributed by atoms with Crippen molar-refractivity contribution in [3.8, 4) is 6.07 Å². The molecule has 0 saturated heterocycles. The molecule has 0 aliphatic carbocycles. The van der Waals surface area contributed by atoms with Crippen LogP contribution in [0.3, 0.4) is 0 Å². The minimum absolute atomic E-state index is 0.224. The molecule has 2 N–H and O–H groups in total. The molecule has 1 heterocycles. The molecule has 0 aliphatic rings. The van der Waals surface area contributed by atoms with Crippen LogP contribution in [-0.2, 0) is 0 Å². The number of fused-ring (bicyclic) bond motifs is 1. The van der Waals surface area contributed by atoms with Crippen LogP contribution in [0.4, 0.5) is 10.1 Å². The van der Waals surface area contributed by atoms with Crippen LogP contribution in [0, 0.1) is 17.1 Å². The molecule has 0 bridgehead atoms. The van der Waals surface area contributed by atoms with Gasteiger partial charge in [0, 0.05) is 10.6 Å². The zero-order valence-corrected chi connectivity index (χ0v) is 13.4. The van der Waals surface area contributed by atoms with Crippen LogP contribution in [0.25, 0.3) is 11.0 Å². The predicted octanol–water partition coefficient (Wildman–Crippen LogP) is 3.25. The van der Waals surface area contributed by atoms with Crippen LogP contribution in [0.1, 0.15) is 24.1 Å². The van der Waals surface area contributed by atoms with Crippen molar-refractivity contribution < 1.29 is 4.39 Å². The maximum absolute atomic E-state index is 14.2. The number of nitriles is 1. The molecule has 0 aliphatic heterocycles. The monoisotopic (exact) mass is 342 g/mol. The number of aromatic nitrogens is 2. The molecule has 0 spiro atoms. The Morgan fingerprint density at radius 2 is 2.12 bits per heavy atom. The first kappa shape index (κ1) is 16.0. The van der Waals surface area contributed by atoms with Crippen molar-refractivity contribution in [2.24, 2.45) is 0 Å². The van der Waals surface area contributed by atoms with Gasteiger partial charge in [-0.15, -0.1) is 0 Å². The number of hydrogen-bond donors (Lipinski definition) is 1. The van der Waals surface area contributed by atoms with E-state index in [9.17, 15) is 9.18 Å². The van der Waals surface area contributed by atoms with Crippen LogP contribution in [0.5, 0.6) is 0 Å². The maximum atomic E-state index is 14.2. The molecule has 1 atom stereocenters. The van der Waals surface area contributed by atoms with E-state index in [1.807, 2.05) is 6.07 Å². The predicted molar refractivity (Wildman–Crippen MR) is 90.4 cm³/mol. The first-order chi connectivity index (χ1) is 11.4. The van der Waals surface area contributed by atoms with Gasteiger partial charge in [-0.05, 0) is 37.3 Å². The van der Waals surface area contributed by atoms with Crippen LogP contribution < -0.4 is 11.3 Å². The van der Waals surface area contributed by atoms with E-state index in [0.717, 1.165) is 6.20 Å². The van der Waals surface area contributed by atoms with Gasteiger partial charge >= 0.3 is 0 Å². The van der Waals surface area contributed by atoms with Gasteiger partial charge in [-0.3, -0.25) is 9.36 Å². The number of benzene rings is 2. The minimum atomic E-state index is -0.642. The zero-order valence-electron chi connectivity index (χ0n) is 12.6. The van der Waals surface area contributed by atoms with Crippen molar-refractivity contribution in [3.05, 3.63) is 68.8 Å². The van der Waals surface area contributed by atoms with Gasteiger partial charge in [-0.25, -0.2) is 9.37 Å². The van der Waals surface area contributed by atoms with Crippen molar-refractivity contribution in [2.75, 3.05) is 5.73 Å². The third kappa shape index (κ3) is 2.59. The van der Waals surface area contributed by atoms with Gasteiger partial charge in [-0.2, -0.15) is 5.26 Å². The molecule has 0 amide bonds. The Morgan fingerprint density at radius 3 is 2.83 bits per heavy atom. The highest BCUT2D eigenvalue weighted by Gasteiger charge is 2.18. The Labute approximate surface area is 141 Å². The van der Waals surface area contributed by atoms with E-state index in [1.165, 1.54) is 34.9 Å². The molecule has 3 rings (SSSR count). The standard InChI is InChI=1S/C17H12ClFN4O/c1-9(12-5-11(18)2-3-13(12)19)23-16-4-10(7-20)14(21)6-15(16)22-8-17(23)24/h2-6,8-9H,21H2,1H3/t9-/m0/s1. The third-order valence-electron chi connectivity index (χ3n) is 3.87. The van der Waals surface area contributed by atoms with Crippen molar-refractivity contribution in [2.45, 2.75) is 13.0 Å². The largest absolute Gasteiger partial charge is 0.398 e. The quantitative estimate of drug-likeness (QED) is 0.724. The second-order valence-electron chi connectivity index (χ2n) is 5.35. The molecular weight excluding hydrogens is 331 g/mol. The van der Waals surface area contributed by atoms with Crippen molar-refractivity contribution in [1.29, 1.82) is 5.26 Å². The van der Waals surface area contributed by atoms with Gasteiger partial charge in [0.1, 0.15) is 11.9 Å². The highest BCUT2D eigenvalue weighted by molar-refractivity contribution is 6.30. The molecule has 120 valence electrons.